The normalized spacial score (nSPS) is 14.9. The average Bonchev–Trinajstić information content (AvgIpc) is 2.75. The molecular formula is C21H16BrN3O7. The number of benzene rings is 2. The molecule has 0 atom stereocenters. The van der Waals surface area contributed by atoms with Crippen molar-refractivity contribution in [2.75, 3.05) is 18.6 Å². The quantitative estimate of drug-likeness (QED) is 0.348. The molecule has 0 radical (unpaired) electrons. The Hall–Kier alpha value is -3.99. The predicted octanol–water partition coefficient (Wildman–Crippen LogP) is 1.77. The van der Waals surface area contributed by atoms with E-state index in [-0.39, 0.29) is 23.4 Å². The third kappa shape index (κ3) is 4.83. The van der Waals surface area contributed by atoms with Crippen LogP contribution < -0.4 is 20.7 Å². The lowest BCUT2D eigenvalue weighted by Crippen LogP contribution is -2.54. The van der Waals surface area contributed by atoms with E-state index in [1.807, 2.05) is 0 Å². The molecule has 3 rings (SSSR count). The maximum absolute atomic E-state index is 13.0. The molecule has 32 heavy (non-hydrogen) atoms. The van der Waals surface area contributed by atoms with Gasteiger partial charge in [-0.1, -0.05) is 6.07 Å². The van der Waals surface area contributed by atoms with E-state index < -0.39 is 29.7 Å². The number of methoxy groups -OCH3 is 1. The van der Waals surface area contributed by atoms with E-state index in [0.29, 0.717) is 15.8 Å². The molecule has 2 aromatic carbocycles. The lowest BCUT2D eigenvalue weighted by Gasteiger charge is -2.26. The number of esters is 1. The third-order valence-corrected chi connectivity index (χ3v) is 4.90. The van der Waals surface area contributed by atoms with E-state index in [4.69, 9.17) is 10.5 Å². The minimum Gasteiger partial charge on any atom is -0.483 e. The summed E-state index contributed by atoms with van der Waals surface area (Å²) in [7, 11) is 1.23. The number of carbonyl (C=O) groups is 5. The Morgan fingerprint density at radius 1 is 1.12 bits per heavy atom. The Balaban J connectivity index is 1.89. The number of hydrogen-bond donors (Lipinski definition) is 2. The standard InChI is InChI=1S/C21H16BrN3O7/c1-31-20(29)12-3-5-13(6-4-12)25-19(28)14(18(27)24-21(25)30)8-11-2-7-16(15(22)9-11)32-10-17(23)26/h2-9H,10H2,1H3,(H2,23,26)(H,24,27,30)/b14-8+. The second-order valence-corrected chi connectivity index (χ2v) is 7.30. The largest absolute Gasteiger partial charge is 0.483 e. The van der Waals surface area contributed by atoms with Crippen molar-refractivity contribution in [3.05, 3.63) is 63.6 Å². The molecule has 0 aromatic heterocycles. The predicted molar refractivity (Wildman–Crippen MR) is 116 cm³/mol. The SMILES string of the molecule is COC(=O)c1ccc(N2C(=O)NC(=O)/C(=C\c3ccc(OCC(N)=O)c(Br)c3)C2=O)cc1. The zero-order chi connectivity index (χ0) is 23.4. The summed E-state index contributed by atoms with van der Waals surface area (Å²) >= 11 is 3.28. The number of halogens is 1. The van der Waals surface area contributed by atoms with Gasteiger partial charge in [0.2, 0.25) is 0 Å². The number of anilines is 1. The Bertz CT molecular complexity index is 1160. The summed E-state index contributed by atoms with van der Waals surface area (Å²) in [6, 6.07) is 9.29. The number of urea groups is 1. The molecule has 0 spiro atoms. The molecule has 3 N–H and O–H groups in total. The first kappa shape index (κ1) is 22.7. The first-order valence-electron chi connectivity index (χ1n) is 9.01. The number of carbonyl (C=O) groups excluding carboxylic acids is 5. The highest BCUT2D eigenvalue weighted by Crippen LogP contribution is 2.28. The van der Waals surface area contributed by atoms with Crippen molar-refractivity contribution in [2.24, 2.45) is 5.73 Å². The molecule has 0 saturated carbocycles. The van der Waals surface area contributed by atoms with Crippen LogP contribution in [0.15, 0.2) is 52.5 Å². The Labute approximate surface area is 190 Å². The number of nitrogens with zero attached hydrogens (tertiary/aromatic N) is 1. The highest BCUT2D eigenvalue weighted by Gasteiger charge is 2.36. The maximum atomic E-state index is 13.0. The molecule has 0 aliphatic carbocycles. The molecule has 11 heteroatoms. The van der Waals surface area contributed by atoms with Gasteiger partial charge < -0.3 is 15.2 Å². The summed E-state index contributed by atoms with van der Waals surface area (Å²) in [6.07, 6.45) is 1.31. The fraction of sp³-hybridized carbons (Fsp3) is 0.0952. The van der Waals surface area contributed by atoms with Gasteiger partial charge in [-0.05, 0) is 64.0 Å². The van der Waals surface area contributed by atoms with Crippen LogP contribution >= 0.6 is 15.9 Å². The van der Waals surface area contributed by atoms with Gasteiger partial charge in [0.05, 0.1) is 22.8 Å². The van der Waals surface area contributed by atoms with Gasteiger partial charge in [0.15, 0.2) is 6.61 Å². The molecule has 1 aliphatic heterocycles. The van der Waals surface area contributed by atoms with E-state index in [9.17, 15) is 24.0 Å². The van der Waals surface area contributed by atoms with Crippen LogP contribution in [0, 0.1) is 0 Å². The van der Waals surface area contributed by atoms with E-state index in [1.165, 1.54) is 43.5 Å². The summed E-state index contributed by atoms with van der Waals surface area (Å²) in [4.78, 5) is 60.8. The van der Waals surface area contributed by atoms with Crippen LogP contribution in [-0.2, 0) is 19.1 Å². The molecule has 10 nitrogen and oxygen atoms in total. The Morgan fingerprint density at radius 3 is 2.41 bits per heavy atom. The lowest BCUT2D eigenvalue weighted by molar-refractivity contribution is -0.123. The van der Waals surface area contributed by atoms with E-state index in [2.05, 4.69) is 26.0 Å². The van der Waals surface area contributed by atoms with E-state index >= 15 is 0 Å². The molecule has 1 aliphatic rings. The Kier molecular flexibility index (Phi) is 6.69. The van der Waals surface area contributed by atoms with Crippen LogP contribution in [0.3, 0.4) is 0 Å². The van der Waals surface area contributed by atoms with Gasteiger partial charge in [0.25, 0.3) is 17.7 Å². The highest BCUT2D eigenvalue weighted by molar-refractivity contribution is 9.10. The van der Waals surface area contributed by atoms with Gasteiger partial charge in [0, 0.05) is 0 Å². The van der Waals surface area contributed by atoms with E-state index in [0.717, 1.165) is 4.90 Å². The fourth-order valence-corrected chi connectivity index (χ4v) is 3.31. The van der Waals surface area contributed by atoms with Crippen molar-refractivity contribution in [3.63, 3.8) is 0 Å². The number of barbiturate groups is 1. The maximum Gasteiger partial charge on any atom is 0.337 e. The van der Waals surface area contributed by atoms with Crippen molar-refractivity contribution in [1.29, 1.82) is 0 Å². The molecule has 0 unspecified atom stereocenters. The minimum absolute atomic E-state index is 0.162. The topological polar surface area (TPSA) is 145 Å². The molecule has 5 amide bonds. The number of ether oxygens (including phenoxy) is 2. The van der Waals surface area contributed by atoms with Crippen molar-refractivity contribution in [3.8, 4) is 5.75 Å². The molecule has 164 valence electrons. The molecular weight excluding hydrogens is 486 g/mol. The number of rotatable bonds is 6. The summed E-state index contributed by atoms with van der Waals surface area (Å²) < 4.78 is 10.3. The number of hydrogen-bond acceptors (Lipinski definition) is 7. The summed E-state index contributed by atoms with van der Waals surface area (Å²) in [6.45, 7) is -0.314. The van der Waals surface area contributed by atoms with Crippen LogP contribution in [-0.4, -0.2) is 43.4 Å². The average molecular weight is 502 g/mol. The fourth-order valence-electron chi connectivity index (χ4n) is 2.80. The lowest BCUT2D eigenvalue weighted by atomic mass is 10.1. The molecule has 0 bridgehead atoms. The molecule has 1 heterocycles. The Morgan fingerprint density at radius 2 is 1.81 bits per heavy atom. The molecule has 1 fully saturated rings. The first-order valence-corrected chi connectivity index (χ1v) is 9.81. The van der Waals surface area contributed by atoms with Crippen molar-refractivity contribution < 1.29 is 33.4 Å². The van der Waals surface area contributed by atoms with Gasteiger partial charge in [0.1, 0.15) is 11.3 Å². The smallest absolute Gasteiger partial charge is 0.337 e. The third-order valence-electron chi connectivity index (χ3n) is 4.29. The van der Waals surface area contributed by atoms with Crippen molar-refractivity contribution >= 4 is 57.4 Å². The van der Waals surface area contributed by atoms with Gasteiger partial charge in [-0.2, -0.15) is 0 Å². The van der Waals surface area contributed by atoms with E-state index in [1.54, 1.807) is 12.1 Å². The minimum atomic E-state index is -0.917. The van der Waals surface area contributed by atoms with Gasteiger partial charge in [-0.15, -0.1) is 0 Å². The second kappa shape index (κ2) is 9.43. The van der Waals surface area contributed by atoms with Gasteiger partial charge in [-0.3, -0.25) is 19.7 Å². The zero-order valence-corrected chi connectivity index (χ0v) is 18.2. The van der Waals surface area contributed by atoms with Crippen LogP contribution in [0.1, 0.15) is 15.9 Å². The molecule has 1 saturated heterocycles. The number of amides is 5. The van der Waals surface area contributed by atoms with Crippen molar-refractivity contribution in [2.45, 2.75) is 0 Å². The summed E-state index contributed by atoms with van der Waals surface area (Å²) in [5, 5.41) is 2.12. The van der Waals surface area contributed by atoms with Crippen LogP contribution in [0.4, 0.5) is 10.5 Å². The molecule has 2 aromatic rings. The number of nitrogens with one attached hydrogen (secondary N) is 1. The zero-order valence-electron chi connectivity index (χ0n) is 16.6. The monoisotopic (exact) mass is 501 g/mol. The highest BCUT2D eigenvalue weighted by atomic mass is 79.9. The van der Waals surface area contributed by atoms with Crippen LogP contribution in [0.2, 0.25) is 0 Å². The number of nitrogens with two attached hydrogens (primary N) is 1. The van der Waals surface area contributed by atoms with Crippen molar-refractivity contribution in [1.82, 2.24) is 5.32 Å². The summed E-state index contributed by atoms with van der Waals surface area (Å²) in [5.41, 5.74) is 5.62. The number of imide groups is 2. The first-order chi connectivity index (χ1) is 15.2. The van der Waals surface area contributed by atoms with Crippen LogP contribution in [0.5, 0.6) is 5.75 Å². The van der Waals surface area contributed by atoms with Gasteiger partial charge in [-0.25, -0.2) is 14.5 Å². The van der Waals surface area contributed by atoms with Crippen LogP contribution in [0.25, 0.3) is 6.08 Å². The second-order valence-electron chi connectivity index (χ2n) is 6.44. The van der Waals surface area contributed by atoms with Gasteiger partial charge >= 0.3 is 12.0 Å². The summed E-state index contributed by atoms with van der Waals surface area (Å²) in [5.74, 6) is -2.57. The number of primary amides is 1.